The summed E-state index contributed by atoms with van der Waals surface area (Å²) in [5, 5.41) is 14.2. The number of rotatable bonds is 6. The Balaban J connectivity index is 1.20. The molecular weight excluding hydrogens is 518 g/mol. The number of piperazine rings is 1. The quantitative estimate of drug-likeness (QED) is 0.376. The Hall–Kier alpha value is -3.76. The number of tetrazole rings is 1. The van der Waals surface area contributed by atoms with Crippen molar-refractivity contribution in [1.29, 1.82) is 0 Å². The molecule has 0 radical (unpaired) electrons. The number of benzene rings is 2. The van der Waals surface area contributed by atoms with Gasteiger partial charge in [-0.2, -0.15) is 0 Å². The summed E-state index contributed by atoms with van der Waals surface area (Å²) in [5.74, 6) is 2.40. The molecule has 0 spiro atoms. The number of hydrogen-bond acceptors (Lipinski definition) is 8. The average Bonchev–Trinajstić information content (AvgIpc) is 3.67. The van der Waals surface area contributed by atoms with E-state index >= 15 is 0 Å². The topological polar surface area (TPSA) is 101 Å². The van der Waals surface area contributed by atoms with E-state index in [9.17, 15) is 4.79 Å². The lowest BCUT2D eigenvalue weighted by molar-refractivity contribution is 0.0982. The minimum absolute atomic E-state index is 0.0721. The molecule has 7 rings (SSSR count). The van der Waals surface area contributed by atoms with E-state index in [0.717, 1.165) is 84.9 Å². The monoisotopic (exact) mass is 555 g/mol. The molecule has 10 nitrogen and oxygen atoms in total. The standard InChI is InChI=1S/C31H37N7O3/c1-20-8-10-23-17-25(31(39)32-28(23)21(20)2)29(30-33-34-35-38(30)24-6-4-3-5-7-24)37-14-12-36(13-15-37)18-22-9-11-26-27(16-22)41-19-40-26/h8-11,16-17,24,29H,3-7,12-15,18-19H2,1-2H3,(H,32,39)/t29-/m0/s1. The fourth-order valence-corrected chi connectivity index (χ4v) is 6.69. The van der Waals surface area contributed by atoms with Gasteiger partial charge in [-0.15, -0.1) is 5.10 Å². The lowest BCUT2D eigenvalue weighted by Gasteiger charge is -2.39. The van der Waals surface area contributed by atoms with Gasteiger partial charge in [-0.3, -0.25) is 14.6 Å². The van der Waals surface area contributed by atoms with Crippen molar-refractivity contribution in [2.75, 3.05) is 33.0 Å². The van der Waals surface area contributed by atoms with Crippen LogP contribution >= 0.6 is 0 Å². The summed E-state index contributed by atoms with van der Waals surface area (Å²) in [6, 6.07) is 12.4. The molecule has 2 aliphatic heterocycles. The Labute approximate surface area is 239 Å². The van der Waals surface area contributed by atoms with Crippen molar-refractivity contribution >= 4 is 10.9 Å². The van der Waals surface area contributed by atoms with Gasteiger partial charge in [0.05, 0.1) is 11.6 Å². The van der Waals surface area contributed by atoms with Crippen molar-refractivity contribution in [3.8, 4) is 11.5 Å². The molecule has 3 aliphatic rings. The molecule has 2 aromatic carbocycles. The molecule has 214 valence electrons. The molecule has 4 heterocycles. The first-order chi connectivity index (χ1) is 20.0. The van der Waals surface area contributed by atoms with Gasteiger partial charge in [0.1, 0.15) is 6.04 Å². The number of nitrogens with one attached hydrogen (secondary N) is 1. The van der Waals surface area contributed by atoms with Gasteiger partial charge in [0.2, 0.25) is 6.79 Å². The highest BCUT2D eigenvalue weighted by Crippen LogP contribution is 2.35. The third-order valence-corrected chi connectivity index (χ3v) is 9.17. The molecule has 10 heteroatoms. The number of H-pyrrole nitrogens is 1. The maximum atomic E-state index is 13.8. The van der Waals surface area contributed by atoms with Crippen LogP contribution in [0.25, 0.3) is 10.9 Å². The first-order valence-electron chi connectivity index (χ1n) is 14.8. The van der Waals surface area contributed by atoms with Crippen LogP contribution in [0.15, 0.2) is 41.2 Å². The average molecular weight is 556 g/mol. The number of nitrogens with zero attached hydrogens (tertiary/aromatic N) is 6. The van der Waals surface area contributed by atoms with Crippen LogP contribution in [-0.4, -0.2) is 68.0 Å². The van der Waals surface area contributed by atoms with Gasteiger partial charge in [-0.1, -0.05) is 37.5 Å². The van der Waals surface area contributed by atoms with E-state index in [1.54, 1.807) is 0 Å². The molecule has 0 bridgehead atoms. The summed E-state index contributed by atoms with van der Waals surface area (Å²) < 4.78 is 13.1. The maximum absolute atomic E-state index is 13.8. The lowest BCUT2D eigenvalue weighted by atomic mass is 9.94. The summed E-state index contributed by atoms with van der Waals surface area (Å²) in [5.41, 5.74) is 5.01. The fourth-order valence-electron chi connectivity index (χ4n) is 6.69. The van der Waals surface area contributed by atoms with Gasteiger partial charge >= 0.3 is 0 Å². The molecular formula is C31H37N7O3. The molecule has 2 aromatic heterocycles. The highest BCUT2D eigenvalue weighted by Gasteiger charge is 2.34. The number of pyridine rings is 1. The minimum atomic E-state index is -0.325. The summed E-state index contributed by atoms with van der Waals surface area (Å²) in [6.07, 6.45) is 5.76. The normalized spacial score (nSPS) is 19.2. The number of ether oxygens (including phenoxy) is 2. The second-order valence-corrected chi connectivity index (χ2v) is 11.7. The van der Waals surface area contributed by atoms with Crippen molar-refractivity contribution in [3.63, 3.8) is 0 Å². The summed E-state index contributed by atoms with van der Waals surface area (Å²) >= 11 is 0. The third kappa shape index (κ3) is 4.99. The van der Waals surface area contributed by atoms with Gasteiger partial charge in [-0.05, 0) is 77.4 Å². The Bertz CT molecular complexity index is 1620. The van der Waals surface area contributed by atoms with Crippen molar-refractivity contribution < 1.29 is 9.47 Å². The predicted molar refractivity (Wildman–Crippen MR) is 155 cm³/mol. The van der Waals surface area contributed by atoms with Gasteiger partial charge in [0.25, 0.3) is 5.56 Å². The maximum Gasteiger partial charge on any atom is 0.253 e. The Morgan fingerprint density at radius 2 is 1.78 bits per heavy atom. The van der Waals surface area contributed by atoms with Gasteiger partial charge < -0.3 is 14.5 Å². The summed E-state index contributed by atoms with van der Waals surface area (Å²) in [4.78, 5) is 21.8. The largest absolute Gasteiger partial charge is 0.454 e. The Morgan fingerprint density at radius 3 is 2.61 bits per heavy atom. The third-order valence-electron chi connectivity index (χ3n) is 9.17. The zero-order chi connectivity index (χ0) is 27.9. The van der Waals surface area contributed by atoms with Crippen LogP contribution in [0.4, 0.5) is 0 Å². The Morgan fingerprint density at radius 1 is 0.976 bits per heavy atom. The molecule has 1 saturated carbocycles. The second kappa shape index (κ2) is 10.9. The van der Waals surface area contributed by atoms with Crippen LogP contribution in [0.2, 0.25) is 0 Å². The van der Waals surface area contributed by atoms with Crippen molar-refractivity contribution in [2.24, 2.45) is 0 Å². The van der Waals surface area contributed by atoms with Crippen LogP contribution in [0, 0.1) is 13.8 Å². The molecule has 1 aliphatic carbocycles. The number of hydrogen-bond donors (Lipinski definition) is 1. The zero-order valence-corrected chi connectivity index (χ0v) is 23.8. The van der Waals surface area contributed by atoms with E-state index in [1.807, 2.05) is 10.7 Å². The van der Waals surface area contributed by atoms with Crippen LogP contribution in [0.5, 0.6) is 11.5 Å². The number of aromatic amines is 1. The molecule has 0 unspecified atom stereocenters. The first-order valence-corrected chi connectivity index (χ1v) is 14.8. The smallest absolute Gasteiger partial charge is 0.253 e. The predicted octanol–water partition coefficient (Wildman–Crippen LogP) is 4.27. The van der Waals surface area contributed by atoms with Gasteiger partial charge in [-0.25, -0.2) is 4.68 Å². The molecule has 2 fully saturated rings. The van der Waals surface area contributed by atoms with E-state index in [1.165, 1.54) is 24.8 Å². The van der Waals surface area contributed by atoms with Crippen LogP contribution in [0.1, 0.15) is 72.3 Å². The van der Waals surface area contributed by atoms with E-state index in [0.29, 0.717) is 5.56 Å². The number of aryl methyl sites for hydroxylation is 2. The van der Waals surface area contributed by atoms with Gasteiger partial charge in [0.15, 0.2) is 17.3 Å². The summed E-state index contributed by atoms with van der Waals surface area (Å²) in [6.45, 7) is 8.61. The van der Waals surface area contributed by atoms with E-state index < -0.39 is 0 Å². The Kier molecular flexibility index (Phi) is 6.96. The zero-order valence-electron chi connectivity index (χ0n) is 23.8. The molecule has 41 heavy (non-hydrogen) atoms. The molecule has 1 atom stereocenters. The minimum Gasteiger partial charge on any atom is -0.454 e. The van der Waals surface area contributed by atoms with E-state index in [4.69, 9.17) is 9.47 Å². The molecule has 1 saturated heterocycles. The van der Waals surface area contributed by atoms with E-state index in [2.05, 4.69) is 74.5 Å². The highest BCUT2D eigenvalue weighted by atomic mass is 16.7. The second-order valence-electron chi connectivity index (χ2n) is 11.7. The summed E-state index contributed by atoms with van der Waals surface area (Å²) in [7, 11) is 0. The first kappa shape index (κ1) is 26.2. The fraction of sp³-hybridized carbons (Fsp3) is 0.484. The molecule has 4 aromatic rings. The van der Waals surface area contributed by atoms with Crippen molar-refractivity contribution in [2.45, 2.75) is 64.6 Å². The highest BCUT2D eigenvalue weighted by molar-refractivity contribution is 5.83. The van der Waals surface area contributed by atoms with Crippen molar-refractivity contribution in [1.82, 2.24) is 35.0 Å². The van der Waals surface area contributed by atoms with E-state index in [-0.39, 0.29) is 24.4 Å². The SMILES string of the molecule is Cc1ccc2cc([C@@H](c3nnnn3C3CCCCC3)N3CCN(Cc4ccc5c(c4)OCO5)CC3)c(=O)[nH]c2c1C. The van der Waals surface area contributed by atoms with Crippen molar-refractivity contribution in [3.05, 3.63) is 74.8 Å². The number of fused-ring (bicyclic) bond motifs is 2. The van der Waals surface area contributed by atoms with Gasteiger partial charge in [0, 0.05) is 38.3 Å². The lowest BCUT2D eigenvalue weighted by Crippen LogP contribution is -2.48. The number of aromatic nitrogens is 5. The molecule has 1 N–H and O–H groups in total. The van der Waals surface area contributed by atoms with Crippen LogP contribution < -0.4 is 15.0 Å². The van der Waals surface area contributed by atoms with Crippen LogP contribution in [0.3, 0.4) is 0 Å². The molecule has 0 amide bonds. The van der Waals surface area contributed by atoms with Crippen LogP contribution in [-0.2, 0) is 6.54 Å².